The number of nitrogens with zero attached hydrogens (tertiary/aromatic N) is 1. The molecule has 2 N–H and O–H groups in total. The van der Waals surface area contributed by atoms with Crippen LogP contribution in [0.4, 0.5) is 5.69 Å². The van der Waals surface area contributed by atoms with E-state index in [2.05, 4.69) is 5.32 Å². The fourth-order valence-electron chi connectivity index (χ4n) is 1.76. The van der Waals surface area contributed by atoms with Crippen molar-refractivity contribution in [3.05, 3.63) is 24.3 Å². The van der Waals surface area contributed by atoms with Gasteiger partial charge in [0.05, 0.1) is 5.60 Å². The number of rotatable bonds is 4. The third-order valence-electron chi connectivity index (χ3n) is 3.13. The molecule has 0 unspecified atom stereocenters. The molecule has 0 saturated carbocycles. The van der Waals surface area contributed by atoms with Crippen LogP contribution in [0.1, 0.15) is 6.92 Å². The monoisotopic (exact) mass is 250 g/mol. The first-order valence-electron chi connectivity index (χ1n) is 5.90. The smallest absolute Gasteiger partial charge is 0.252 e. The molecule has 1 aliphatic heterocycles. The van der Waals surface area contributed by atoms with Gasteiger partial charge in [-0.1, -0.05) is 6.07 Å². The Morgan fingerprint density at radius 1 is 1.56 bits per heavy atom. The molecule has 2 rings (SSSR count). The third kappa shape index (κ3) is 2.80. The van der Waals surface area contributed by atoms with E-state index in [-0.39, 0.29) is 23.9 Å². The number of nitrogens with one attached hydrogen (secondary N) is 1. The Balaban J connectivity index is 1.92. The van der Waals surface area contributed by atoms with Crippen LogP contribution >= 0.6 is 0 Å². The lowest BCUT2D eigenvalue weighted by molar-refractivity contribution is -0.133. The van der Waals surface area contributed by atoms with E-state index in [9.17, 15) is 9.90 Å². The molecule has 5 heteroatoms. The van der Waals surface area contributed by atoms with Crippen molar-refractivity contribution < 1.29 is 14.6 Å². The molecule has 1 saturated heterocycles. The molecular weight excluding hydrogens is 232 g/mol. The van der Waals surface area contributed by atoms with E-state index >= 15 is 0 Å². The number of amides is 1. The van der Waals surface area contributed by atoms with Gasteiger partial charge in [-0.15, -0.1) is 0 Å². The molecule has 1 heterocycles. The number of anilines is 1. The van der Waals surface area contributed by atoms with Gasteiger partial charge in [0.15, 0.2) is 0 Å². The molecule has 98 valence electrons. The number of phenols is 1. The van der Waals surface area contributed by atoms with Crippen molar-refractivity contribution in [2.24, 2.45) is 0 Å². The SMILES string of the molecule is CN(C(=O)COC1(C)CNC1)c1cccc(O)c1. The largest absolute Gasteiger partial charge is 0.508 e. The number of hydrogen-bond acceptors (Lipinski definition) is 4. The Labute approximate surface area is 106 Å². The maximum Gasteiger partial charge on any atom is 0.252 e. The van der Waals surface area contributed by atoms with Gasteiger partial charge in [0.1, 0.15) is 12.4 Å². The summed E-state index contributed by atoms with van der Waals surface area (Å²) in [6.45, 7) is 3.57. The van der Waals surface area contributed by atoms with E-state index in [1.807, 2.05) is 6.92 Å². The molecule has 5 nitrogen and oxygen atoms in total. The molecule has 0 bridgehead atoms. The summed E-state index contributed by atoms with van der Waals surface area (Å²) >= 11 is 0. The quantitative estimate of drug-likeness (QED) is 0.827. The minimum Gasteiger partial charge on any atom is -0.508 e. The zero-order chi connectivity index (χ0) is 13.2. The summed E-state index contributed by atoms with van der Waals surface area (Å²) in [4.78, 5) is 13.4. The van der Waals surface area contributed by atoms with Crippen LogP contribution in [-0.4, -0.2) is 43.4 Å². The normalized spacial score (nSPS) is 17.0. The van der Waals surface area contributed by atoms with E-state index in [1.165, 1.54) is 4.90 Å². The van der Waals surface area contributed by atoms with Crippen molar-refractivity contribution in [1.29, 1.82) is 0 Å². The lowest BCUT2D eigenvalue weighted by Gasteiger charge is -2.39. The van der Waals surface area contributed by atoms with Crippen molar-refractivity contribution in [3.63, 3.8) is 0 Å². The van der Waals surface area contributed by atoms with Gasteiger partial charge in [0.25, 0.3) is 5.91 Å². The molecule has 1 amide bonds. The molecule has 1 aliphatic rings. The Bertz CT molecular complexity index is 444. The molecule has 1 aromatic carbocycles. The fourth-order valence-corrected chi connectivity index (χ4v) is 1.76. The lowest BCUT2D eigenvalue weighted by atomic mass is 10.0. The minimum atomic E-state index is -0.227. The lowest BCUT2D eigenvalue weighted by Crippen LogP contribution is -2.59. The summed E-state index contributed by atoms with van der Waals surface area (Å²) in [5.41, 5.74) is 0.426. The van der Waals surface area contributed by atoms with Crippen molar-refractivity contribution in [1.82, 2.24) is 5.32 Å². The van der Waals surface area contributed by atoms with Crippen LogP contribution in [0.15, 0.2) is 24.3 Å². The Kier molecular flexibility index (Phi) is 3.54. The maximum absolute atomic E-state index is 11.9. The predicted molar refractivity (Wildman–Crippen MR) is 68.7 cm³/mol. The van der Waals surface area contributed by atoms with Gasteiger partial charge in [0, 0.05) is 31.9 Å². The molecular formula is C13H18N2O3. The number of benzene rings is 1. The van der Waals surface area contributed by atoms with E-state index in [1.54, 1.807) is 31.3 Å². The molecule has 18 heavy (non-hydrogen) atoms. The van der Waals surface area contributed by atoms with Gasteiger partial charge in [-0.2, -0.15) is 0 Å². The van der Waals surface area contributed by atoms with Gasteiger partial charge in [-0.05, 0) is 19.1 Å². The van der Waals surface area contributed by atoms with Crippen LogP contribution in [0, 0.1) is 0 Å². The number of aromatic hydroxyl groups is 1. The standard InChI is InChI=1S/C13H18N2O3/c1-13(8-14-9-13)18-7-12(17)15(2)10-4-3-5-11(16)6-10/h3-6,14,16H,7-9H2,1-2H3. The number of carbonyl (C=O) groups is 1. The summed E-state index contributed by atoms with van der Waals surface area (Å²) in [7, 11) is 1.67. The Morgan fingerprint density at radius 3 is 2.83 bits per heavy atom. The Morgan fingerprint density at radius 2 is 2.28 bits per heavy atom. The summed E-state index contributed by atoms with van der Waals surface area (Å²) in [5, 5.41) is 12.5. The van der Waals surface area contributed by atoms with Crippen molar-refractivity contribution >= 4 is 11.6 Å². The van der Waals surface area contributed by atoms with E-state index in [0.717, 1.165) is 13.1 Å². The summed E-state index contributed by atoms with van der Waals surface area (Å²) in [5.74, 6) is 0.0111. The topological polar surface area (TPSA) is 61.8 Å². The molecule has 1 aromatic rings. The first kappa shape index (κ1) is 12.9. The molecule has 0 spiro atoms. The van der Waals surface area contributed by atoms with Gasteiger partial charge in [-0.25, -0.2) is 0 Å². The average molecular weight is 250 g/mol. The van der Waals surface area contributed by atoms with Crippen LogP contribution in [0.5, 0.6) is 5.75 Å². The molecule has 0 radical (unpaired) electrons. The first-order chi connectivity index (χ1) is 8.50. The highest BCUT2D eigenvalue weighted by atomic mass is 16.5. The highest BCUT2D eigenvalue weighted by Gasteiger charge is 2.33. The van der Waals surface area contributed by atoms with Crippen LogP contribution in [0.2, 0.25) is 0 Å². The van der Waals surface area contributed by atoms with E-state index < -0.39 is 0 Å². The van der Waals surface area contributed by atoms with Crippen molar-refractivity contribution in [3.8, 4) is 5.75 Å². The van der Waals surface area contributed by atoms with Gasteiger partial charge in [0.2, 0.25) is 0 Å². The maximum atomic E-state index is 11.9. The van der Waals surface area contributed by atoms with Crippen LogP contribution < -0.4 is 10.2 Å². The summed E-state index contributed by atoms with van der Waals surface area (Å²) < 4.78 is 5.58. The summed E-state index contributed by atoms with van der Waals surface area (Å²) in [6, 6.07) is 6.58. The summed E-state index contributed by atoms with van der Waals surface area (Å²) in [6.07, 6.45) is 0. The van der Waals surface area contributed by atoms with Crippen molar-refractivity contribution in [2.75, 3.05) is 31.6 Å². The minimum absolute atomic E-state index is 0.0460. The van der Waals surface area contributed by atoms with Crippen LogP contribution in [0.25, 0.3) is 0 Å². The Hall–Kier alpha value is -1.59. The second-order valence-corrected chi connectivity index (χ2v) is 4.81. The number of hydrogen-bond donors (Lipinski definition) is 2. The van der Waals surface area contributed by atoms with Gasteiger partial charge < -0.3 is 20.1 Å². The molecule has 0 atom stereocenters. The van der Waals surface area contributed by atoms with Gasteiger partial charge >= 0.3 is 0 Å². The number of likely N-dealkylation sites (N-methyl/N-ethyl adjacent to an activating group) is 1. The number of carbonyl (C=O) groups excluding carboxylic acids is 1. The fraction of sp³-hybridized carbons (Fsp3) is 0.462. The van der Waals surface area contributed by atoms with Crippen molar-refractivity contribution in [2.45, 2.75) is 12.5 Å². The highest BCUT2D eigenvalue weighted by molar-refractivity contribution is 5.93. The zero-order valence-corrected chi connectivity index (χ0v) is 10.6. The van der Waals surface area contributed by atoms with E-state index in [0.29, 0.717) is 5.69 Å². The zero-order valence-electron chi connectivity index (χ0n) is 10.6. The second kappa shape index (κ2) is 4.96. The van der Waals surface area contributed by atoms with Crippen LogP contribution in [0.3, 0.4) is 0 Å². The average Bonchev–Trinajstić information content (AvgIpc) is 2.32. The van der Waals surface area contributed by atoms with E-state index in [4.69, 9.17) is 4.74 Å². The molecule has 0 aromatic heterocycles. The molecule has 0 aliphatic carbocycles. The number of ether oxygens (including phenoxy) is 1. The highest BCUT2D eigenvalue weighted by Crippen LogP contribution is 2.20. The predicted octanol–water partition coefficient (Wildman–Crippen LogP) is 0.733. The second-order valence-electron chi connectivity index (χ2n) is 4.81. The molecule has 1 fully saturated rings. The van der Waals surface area contributed by atoms with Crippen LogP contribution in [-0.2, 0) is 9.53 Å². The number of phenolic OH excluding ortho intramolecular Hbond substituents is 1. The third-order valence-corrected chi connectivity index (χ3v) is 3.13. The van der Waals surface area contributed by atoms with Gasteiger partial charge in [-0.3, -0.25) is 4.79 Å². The first-order valence-corrected chi connectivity index (χ1v) is 5.90.